The van der Waals surface area contributed by atoms with E-state index in [0.29, 0.717) is 12.8 Å². The fourth-order valence-corrected chi connectivity index (χ4v) is 3.94. The Hall–Kier alpha value is -1.50. The second kappa shape index (κ2) is 31.0. The van der Waals surface area contributed by atoms with Crippen molar-refractivity contribution < 1.29 is 48.9 Å². The molecule has 0 heterocycles. The molecule has 0 spiro atoms. The Bertz CT molecular complexity index is 566. The molecule has 2 atom stereocenters. The monoisotopic (exact) mass is 604 g/mol. The van der Waals surface area contributed by atoms with Gasteiger partial charge in [0.05, 0.1) is 24.0 Å². The normalized spacial score (nSPS) is 11.8. The molecule has 0 aliphatic heterocycles. The summed E-state index contributed by atoms with van der Waals surface area (Å²) in [5.41, 5.74) is 0. The summed E-state index contributed by atoms with van der Waals surface area (Å²) >= 11 is 0. The molecule has 0 aliphatic rings. The van der Waals surface area contributed by atoms with Crippen molar-refractivity contribution >= 4 is 23.8 Å². The number of rotatable bonds is 24. The summed E-state index contributed by atoms with van der Waals surface area (Å²) in [7, 11) is 0. The standard InChI is InChI=1S/2C15H29NO3.Zn/c2*1-3-4-5-6-7-8-9-10-11-12-14(17)16-13(2)15(18)19;/h2*13H,3-12H2,1-2H3,(H,16,17)(H,18,19);/q;;+2/p-2/t2*13-;/m00./s1. The third kappa shape index (κ3) is 32.6. The summed E-state index contributed by atoms with van der Waals surface area (Å²) in [5, 5.41) is 25.7. The minimum Gasteiger partial charge on any atom is -0.548 e. The molecule has 0 aliphatic carbocycles. The zero-order valence-electron chi connectivity index (χ0n) is 25.5. The zero-order chi connectivity index (χ0) is 29.0. The first-order chi connectivity index (χ1) is 18.1. The topological polar surface area (TPSA) is 138 Å². The second-order valence-corrected chi connectivity index (χ2v) is 10.4. The van der Waals surface area contributed by atoms with Gasteiger partial charge in [-0.2, -0.15) is 0 Å². The first-order valence-corrected chi connectivity index (χ1v) is 15.2. The molecular weight excluding hydrogens is 550 g/mol. The van der Waals surface area contributed by atoms with Crippen LogP contribution >= 0.6 is 0 Å². The third-order valence-electron chi connectivity index (χ3n) is 6.48. The predicted molar refractivity (Wildman–Crippen MR) is 149 cm³/mol. The molecule has 2 N–H and O–H groups in total. The average molecular weight is 606 g/mol. The van der Waals surface area contributed by atoms with E-state index in [9.17, 15) is 29.4 Å². The average Bonchev–Trinajstić information content (AvgIpc) is 2.87. The van der Waals surface area contributed by atoms with Gasteiger partial charge in [0.1, 0.15) is 0 Å². The Morgan fingerprint density at radius 3 is 0.949 bits per heavy atom. The SMILES string of the molecule is CCCCCCCCCCCC(=O)N[C@@H](C)C(=O)[O-].CCCCCCCCCCCC(=O)N[C@@H](C)C(=O)[O-].[Zn+2]. The van der Waals surface area contributed by atoms with Crippen LogP contribution in [0.3, 0.4) is 0 Å². The summed E-state index contributed by atoms with van der Waals surface area (Å²) in [6.07, 6.45) is 22.5. The number of carboxylic acid groups (broad SMARTS) is 2. The number of nitrogens with one attached hydrogen (secondary N) is 2. The number of carboxylic acids is 2. The smallest absolute Gasteiger partial charge is 0.548 e. The van der Waals surface area contributed by atoms with Crippen molar-refractivity contribution in [2.24, 2.45) is 0 Å². The quantitative estimate of drug-likeness (QED) is 0.124. The molecule has 0 saturated heterocycles. The second-order valence-electron chi connectivity index (χ2n) is 10.4. The molecule has 0 radical (unpaired) electrons. The van der Waals surface area contributed by atoms with Crippen LogP contribution in [0.4, 0.5) is 0 Å². The maximum atomic E-state index is 11.4. The van der Waals surface area contributed by atoms with Crippen molar-refractivity contribution in [1.82, 2.24) is 10.6 Å². The fraction of sp³-hybridized carbons (Fsp3) is 0.867. The number of hydrogen-bond acceptors (Lipinski definition) is 6. The maximum Gasteiger partial charge on any atom is 2.00 e. The molecule has 0 aromatic carbocycles. The molecule has 0 rings (SSSR count). The summed E-state index contributed by atoms with van der Waals surface area (Å²) in [4.78, 5) is 43.6. The Kier molecular flexibility index (Phi) is 33.4. The summed E-state index contributed by atoms with van der Waals surface area (Å²) in [6.45, 7) is 7.27. The Morgan fingerprint density at radius 2 is 0.718 bits per heavy atom. The minimum absolute atomic E-state index is 0. The van der Waals surface area contributed by atoms with E-state index >= 15 is 0 Å². The van der Waals surface area contributed by atoms with Crippen LogP contribution in [0.15, 0.2) is 0 Å². The van der Waals surface area contributed by atoms with E-state index in [1.165, 1.54) is 90.9 Å². The summed E-state index contributed by atoms with van der Waals surface area (Å²) < 4.78 is 0. The fourth-order valence-electron chi connectivity index (χ4n) is 3.94. The molecule has 9 heteroatoms. The summed E-state index contributed by atoms with van der Waals surface area (Å²) in [5.74, 6) is -2.86. The number of carbonyl (C=O) groups excluding carboxylic acids is 4. The van der Waals surface area contributed by atoms with E-state index in [1.54, 1.807) is 0 Å². The van der Waals surface area contributed by atoms with Crippen LogP contribution in [0, 0.1) is 0 Å². The van der Waals surface area contributed by atoms with Crippen molar-refractivity contribution in [3.63, 3.8) is 0 Å². The molecule has 2 amide bonds. The van der Waals surface area contributed by atoms with E-state index in [4.69, 9.17) is 0 Å². The predicted octanol–water partition coefficient (Wildman–Crippen LogP) is 4.32. The van der Waals surface area contributed by atoms with Crippen LogP contribution in [0.2, 0.25) is 0 Å². The van der Waals surface area contributed by atoms with Gasteiger partial charge in [0.2, 0.25) is 11.8 Å². The summed E-state index contributed by atoms with van der Waals surface area (Å²) in [6, 6.07) is -1.79. The van der Waals surface area contributed by atoms with Gasteiger partial charge in [0, 0.05) is 12.8 Å². The molecule has 0 aromatic rings. The molecular formula is C30H56N2O6Zn. The number of amides is 2. The van der Waals surface area contributed by atoms with Gasteiger partial charge in [-0.05, 0) is 26.7 Å². The van der Waals surface area contributed by atoms with Gasteiger partial charge in [0.15, 0.2) is 0 Å². The van der Waals surface area contributed by atoms with E-state index in [2.05, 4.69) is 24.5 Å². The van der Waals surface area contributed by atoms with Crippen molar-refractivity contribution in [1.29, 1.82) is 0 Å². The van der Waals surface area contributed by atoms with Crippen LogP contribution in [-0.2, 0) is 38.7 Å². The van der Waals surface area contributed by atoms with Crippen LogP contribution in [0.25, 0.3) is 0 Å². The van der Waals surface area contributed by atoms with E-state index in [0.717, 1.165) is 38.5 Å². The van der Waals surface area contributed by atoms with E-state index in [-0.39, 0.29) is 31.3 Å². The number of unbranched alkanes of at least 4 members (excludes halogenated alkanes) is 16. The van der Waals surface area contributed by atoms with Gasteiger partial charge < -0.3 is 30.4 Å². The first-order valence-electron chi connectivity index (χ1n) is 15.2. The first kappa shape index (κ1) is 42.0. The molecule has 0 aromatic heterocycles. The van der Waals surface area contributed by atoms with Crippen LogP contribution < -0.4 is 20.8 Å². The molecule has 0 saturated carbocycles. The van der Waals surface area contributed by atoms with Gasteiger partial charge >= 0.3 is 19.5 Å². The van der Waals surface area contributed by atoms with Crippen molar-refractivity contribution in [3.05, 3.63) is 0 Å². The van der Waals surface area contributed by atoms with Crippen molar-refractivity contribution in [3.8, 4) is 0 Å². The van der Waals surface area contributed by atoms with Gasteiger partial charge in [0.25, 0.3) is 0 Å². The van der Waals surface area contributed by atoms with Crippen molar-refractivity contribution in [2.75, 3.05) is 0 Å². The Balaban J connectivity index is -0.000000648. The molecule has 0 unspecified atom stereocenters. The molecule has 39 heavy (non-hydrogen) atoms. The van der Waals surface area contributed by atoms with Crippen LogP contribution in [0.1, 0.15) is 156 Å². The minimum atomic E-state index is -1.24. The zero-order valence-corrected chi connectivity index (χ0v) is 28.4. The Morgan fingerprint density at radius 1 is 0.487 bits per heavy atom. The molecule has 8 nitrogen and oxygen atoms in total. The molecule has 0 fully saturated rings. The maximum absolute atomic E-state index is 11.4. The van der Waals surface area contributed by atoms with Gasteiger partial charge in [-0.25, -0.2) is 0 Å². The Labute approximate surface area is 251 Å². The third-order valence-corrected chi connectivity index (χ3v) is 6.48. The van der Waals surface area contributed by atoms with E-state index < -0.39 is 24.0 Å². The van der Waals surface area contributed by atoms with Gasteiger partial charge in [-0.15, -0.1) is 0 Å². The van der Waals surface area contributed by atoms with E-state index in [1.807, 2.05) is 0 Å². The number of hydrogen-bond donors (Lipinski definition) is 2. The van der Waals surface area contributed by atoms with Crippen LogP contribution in [0.5, 0.6) is 0 Å². The van der Waals surface area contributed by atoms with Gasteiger partial charge in [-0.1, -0.05) is 117 Å². The molecule has 224 valence electrons. The van der Waals surface area contributed by atoms with Gasteiger partial charge in [-0.3, -0.25) is 9.59 Å². The molecule has 0 bridgehead atoms. The number of carbonyl (C=O) groups is 4. The van der Waals surface area contributed by atoms with Crippen molar-refractivity contribution in [2.45, 2.75) is 168 Å². The largest absolute Gasteiger partial charge is 2.00 e. The van der Waals surface area contributed by atoms with Crippen LogP contribution in [-0.4, -0.2) is 35.8 Å². The number of aliphatic carboxylic acids is 2.